The van der Waals surface area contributed by atoms with Gasteiger partial charge in [-0.05, 0) is 57.9 Å². The lowest BCUT2D eigenvalue weighted by Gasteiger charge is -2.29. The molecule has 1 amide bonds. The number of ether oxygens (including phenoxy) is 1. The maximum atomic E-state index is 13.2. The van der Waals surface area contributed by atoms with Crippen molar-refractivity contribution in [3.63, 3.8) is 0 Å². The molecule has 1 heterocycles. The average Bonchev–Trinajstić information content (AvgIpc) is 3.10. The van der Waals surface area contributed by atoms with E-state index in [-0.39, 0.29) is 25.2 Å². The minimum atomic E-state index is -4.12. The van der Waals surface area contributed by atoms with E-state index in [1.807, 2.05) is 0 Å². The maximum absolute atomic E-state index is 13.2. The number of hydrogen-bond donors (Lipinski definition) is 0. The van der Waals surface area contributed by atoms with Gasteiger partial charge in [0.1, 0.15) is 23.5 Å². The van der Waals surface area contributed by atoms with Gasteiger partial charge in [-0.2, -0.15) is 4.31 Å². The normalized spacial score (nSPS) is 18.2. The molecule has 1 fully saturated rings. The lowest BCUT2D eigenvalue weighted by Crippen LogP contribution is -2.50. The van der Waals surface area contributed by atoms with Crippen LogP contribution in [0.25, 0.3) is 6.08 Å². The van der Waals surface area contributed by atoms with E-state index >= 15 is 0 Å². The van der Waals surface area contributed by atoms with E-state index in [1.165, 1.54) is 11.0 Å². The Bertz CT molecular complexity index is 1010. The van der Waals surface area contributed by atoms with Crippen molar-refractivity contribution in [2.45, 2.75) is 65.1 Å². The van der Waals surface area contributed by atoms with Gasteiger partial charge in [0.15, 0.2) is 0 Å². The smallest absolute Gasteiger partial charge is 0.329 e. The van der Waals surface area contributed by atoms with E-state index < -0.39 is 46.1 Å². The zero-order chi connectivity index (χ0) is 25.0. The van der Waals surface area contributed by atoms with Gasteiger partial charge in [-0.1, -0.05) is 30.7 Å². The summed E-state index contributed by atoms with van der Waals surface area (Å²) in [5.74, 6) is -1.41. The molecule has 2 atom stereocenters. The van der Waals surface area contributed by atoms with Crippen molar-refractivity contribution in [1.29, 1.82) is 0 Å². The predicted octanol–water partition coefficient (Wildman–Crippen LogP) is 3.25. The van der Waals surface area contributed by atoms with Gasteiger partial charge in [0.05, 0.1) is 6.54 Å². The maximum Gasteiger partial charge on any atom is 0.329 e. The molecule has 1 aromatic carbocycles. The molecule has 2 rings (SSSR count). The highest BCUT2D eigenvalue weighted by molar-refractivity contribution is 7.92. The monoisotopic (exact) mass is 498 g/mol. The number of nitrogens with zero attached hydrogens (tertiary/aromatic N) is 2. The molecule has 0 spiro atoms. The zero-order valence-electron chi connectivity index (χ0n) is 19.6. The first-order chi connectivity index (χ1) is 15.2. The van der Waals surface area contributed by atoms with E-state index in [4.69, 9.17) is 16.3 Å². The Labute approximate surface area is 200 Å². The summed E-state index contributed by atoms with van der Waals surface area (Å²) < 4.78 is 32.6. The van der Waals surface area contributed by atoms with Crippen LogP contribution < -0.4 is 0 Å². The molecule has 0 N–H and O–H groups in total. The first-order valence-corrected chi connectivity index (χ1v) is 12.6. The fraction of sp³-hybridized carbons (Fsp3) is 0.522. The van der Waals surface area contributed by atoms with Crippen LogP contribution in [-0.4, -0.2) is 66.1 Å². The summed E-state index contributed by atoms with van der Waals surface area (Å²) in [5, 5.41) is 1.49. The third-order valence-electron chi connectivity index (χ3n) is 5.13. The minimum Gasteiger partial charge on any atom is -0.458 e. The first kappa shape index (κ1) is 27.0. The third-order valence-corrected chi connectivity index (χ3v) is 6.90. The number of amides is 1. The van der Waals surface area contributed by atoms with E-state index in [1.54, 1.807) is 58.9 Å². The standard InChI is InChI=1S/C23H31ClN2O6S/c1-6-19(27)15-26(33(30,31)14-12-17-7-9-18(24)10-8-17)20-11-13-25(21(20)28)16(2)22(29)32-23(3,4)5/h7-10,12,14,16,20H,6,11,13,15H2,1-5H3/t16-,20-/m0/s1. The summed E-state index contributed by atoms with van der Waals surface area (Å²) in [4.78, 5) is 39.1. The molecule has 0 aliphatic carbocycles. The van der Waals surface area contributed by atoms with Crippen molar-refractivity contribution in [3.05, 3.63) is 40.3 Å². The second-order valence-electron chi connectivity index (χ2n) is 8.88. The molecule has 0 aromatic heterocycles. The molecule has 182 valence electrons. The lowest BCUT2D eigenvalue weighted by molar-refractivity contribution is -0.163. The number of likely N-dealkylation sites (tertiary alicyclic amines) is 1. The largest absolute Gasteiger partial charge is 0.458 e. The number of benzene rings is 1. The Morgan fingerprint density at radius 2 is 1.88 bits per heavy atom. The predicted molar refractivity (Wildman–Crippen MR) is 127 cm³/mol. The summed E-state index contributed by atoms with van der Waals surface area (Å²) in [5.41, 5.74) is -0.120. The van der Waals surface area contributed by atoms with Crippen LogP contribution in [0.2, 0.25) is 5.02 Å². The number of halogens is 1. The summed E-state index contributed by atoms with van der Waals surface area (Å²) in [6, 6.07) is 4.61. The number of hydrogen-bond acceptors (Lipinski definition) is 6. The molecule has 8 nitrogen and oxygen atoms in total. The van der Waals surface area contributed by atoms with Crippen LogP contribution in [0.15, 0.2) is 29.7 Å². The van der Waals surface area contributed by atoms with Crippen LogP contribution in [0.1, 0.15) is 53.0 Å². The molecular weight excluding hydrogens is 468 g/mol. The highest BCUT2D eigenvalue weighted by atomic mass is 35.5. The van der Waals surface area contributed by atoms with Gasteiger partial charge in [-0.25, -0.2) is 13.2 Å². The van der Waals surface area contributed by atoms with Gasteiger partial charge in [0, 0.05) is 23.4 Å². The quantitative estimate of drug-likeness (QED) is 0.484. The number of ketones is 1. The summed E-state index contributed by atoms with van der Waals surface area (Å²) >= 11 is 5.86. The number of esters is 1. The molecule has 10 heteroatoms. The first-order valence-electron chi connectivity index (χ1n) is 10.8. The lowest BCUT2D eigenvalue weighted by atomic mass is 10.2. The Morgan fingerprint density at radius 3 is 2.42 bits per heavy atom. The average molecular weight is 499 g/mol. The molecule has 33 heavy (non-hydrogen) atoms. The minimum absolute atomic E-state index is 0.131. The molecule has 1 saturated heterocycles. The Balaban J connectivity index is 2.28. The summed E-state index contributed by atoms with van der Waals surface area (Å²) in [6.45, 7) is 8.11. The zero-order valence-corrected chi connectivity index (χ0v) is 21.1. The van der Waals surface area contributed by atoms with Crippen LogP contribution in [0, 0.1) is 0 Å². The Hall–Kier alpha value is -2.23. The van der Waals surface area contributed by atoms with Crippen molar-refractivity contribution in [2.24, 2.45) is 0 Å². The van der Waals surface area contributed by atoms with Gasteiger partial charge in [0.25, 0.3) is 0 Å². The molecule has 0 radical (unpaired) electrons. The number of carbonyl (C=O) groups is 3. The van der Waals surface area contributed by atoms with Crippen molar-refractivity contribution >= 4 is 45.4 Å². The van der Waals surface area contributed by atoms with Crippen LogP contribution in [-0.2, 0) is 29.1 Å². The molecule has 1 aliphatic rings. The van der Waals surface area contributed by atoms with Crippen molar-refractivity contribution in [2.75, 3.05) is 13.1 Å². The highest BCUT2D eigenvalue weighted by Gasteiger charge is 2.44. The fourth-order valence-corrected chi connectivity index (χ4v) is 4.82. The van der Waals surface area contributed by atoms with E-state index in [2.05, 4.69) is 0 Å². The fourth-order valence-electron chi connectivity index (χ4n) is 3.33. The van der Waals surface area contributed by atoms with Crippen LogP contribution in [0.5, 0.6) is 0 Å². The molecule has 0 saturated carbocycles. The number of rotatable bonds is 9. The molecule has 0 bridgehead atoms. The van der Waals surface area contributed by atoms with Crippen molar-refractivity contribution in [1.82, 2.24) is 9.21 Å². The van der Waals surface area contributed by atoms with Crippen LogP contribution in [0.3, 0.4) is 0 Å². The summed E-state index contributed by atoms with van der Waals surface area (Å²) in [6.07, 6.45) is 1.68. The summed E-state index contributed by atoms with van der Waals surface area (Å²) in [7, 11) is -4.12. The van der Waals surface area contributed by atoms with Gasteiger partial charge < -0.3 is 9.64 Å². The molecule has 1 aliphatic heterocycles. The Morgan fingerprint density at radius 1 is 1.27 bits per heavy atom. The second kappa shape index (κ2) is 10.8. The van der Waals surface area contributed by atoms with E-state index in [9.17, 15) is 22.8 Å². The highest BCUT2D eigenvalue weighted by Crippen LogP contribution is 2.25. The number of sulfonamides is 1. The van der Waals surface area contributed by atoms with Crippen molar-refractivity contribution in [3.8, 4) is 0 Å². The van der Waals surface area contributed by atoms with E-state index in [0.29, 0.717) is 10.6 Å². The number of carbonyl (C=O) groups excluding carboxylic acids is 3. The topological polar surface area (TPSA) is 101 Å². The van der Waals surface area contributed by atoms with Gasteiger partial charge in [0.2, 0.25) is 15.9 Å². The third kappa shape index (κ3) is 7.38. The SMILES string of the molecule is CCC(=O)CN([C@H]1CCN([C@@H](C)C(=O)OC(C)(C)C)C1=O)S(=O)(=O)C=Cc1ccc(Cl)cc1. The van der Waals surface area contributed by atoms with Crippen LogP contribution in [0.4, 0.5) is 0 Å². The Kier molecular flexibility index (Phi) is 8.84. The molecular formula is C23H31ClN2O6S. The van der Waals surface area contributed by atoms with Gasteiger partial charge >= 0.3 is 5.97 Å². The second-order valence-corrected chi connectivity index (χ2v) is 11.1. The van der Waals surface area contributed by atoms with Crippen molar-refractivity contribution < 1.29 is 27.5 Å². The van der Waals surface area contributed by atoms with Crippen LogP contribution >= 0.6 is 11.6 Å². The van der Waals surface area contributed by atoms with E-state index in [0.717, 1.165) is 9.71 Å². The van der Waals surface area contributed by atoms with Gasteiger partial charge in [-0.3, -0.25) is 9.59 Å². The molecule has 1 aromatic rings. The number of Topliss-reactive ketones (excluding diaryl/α,β-unsaturated/α-hetero) is 1. The van der Waals surface area contributed by atoms with Gasteiger partial charge in [-0.15, -0.1) is 0 Å². The molecule has 0 unspecified atom stereocenters.